The lowest BCUT2D eigenvalue weighted by atomic mass is 9.71. The Labute approximate surface area is 117 Å². The molecule has 2 rings (SSSR count). The number of rotatable bonds is 2. The number of methoxy groups -OCH3 is 2. The summed E-state index contributed by atoms with van der Waals surface area (Å²) in [6, 6.07) is 0. The van der Waals surface area contributed by atoms with E-state index in [1.165, 1.54) is 14.2 Å². The Bertz CT molecular complexity index is 577. The highest BCUT2D eigenvalue weighted by atomic mass is 16.5. The number of fused-ring (bicyclic) bond motifs is 1. The van der Waals surface area contributed by atoms with E-state index in [1.54, 1.807) is 0 Å². The number of carbonyl (C=O) groups is 2. The van der Waals surface area contributed by atoms with Crippen molar-refractivity contribution in [2.45, 2.75) is 19.3 Å². The predicted octanol–water partition coefficient (Wildman–Crippen LogP) is 2.01. The Balaban J connectivity index is 2.65. The number of esters is 2. The van der Waals surface area contributed by atoms with Crippen molar-refractivity contribution in [3.8, 4) is 0 Å². The highest BCUT2D eigenvalue weighted by molar-refractivity contribution is 5.93. The first kappa shape index (κ1) is 14.2. The van der Waals surface area contributed by atoms with E-state index in [9.17, 15) is 9.59 Å². The van der Waals surface area contributed by atoms with Gasteiger partial charge in [-0.1, -0.05) is 24.5 Å². The summed E-state index contributed by atoms with van der Waals surface area (Å²) >= 11 is 0. The van der Waals surface area contributed by atoms with Crippen LogP contribution in [0, 0.1) is 5.41 Å². The van der Waals surface area contributed by atoms with Gasteiger partial charge in [0.1, 0.15) is 16.9 Å². The zero-order valence-corrected chi connectivity index (χ0v) is 11.6. The maximum absolute atomic E-state index is 12.2. The van der Waals surface area contributed by atoms with Crippen LogP contribution in [0.2, 0.25) is 0 Å². The van der Waals surface area contributed by atoms with Gasteiger partial charge in [0.2, 0.25) is 0 Å². The Morgan fingerprint density at radius 2 is 2.00 bits per heavy atom. The third-order valence-corrected chi connectivity index (χ3v) is 3.58. The minimum Gasteiger partial charge on any atom is -0.468 e. The maximum Gasteiger partial charge on any atom is 0.337 e. The molecule has 0 saturated carbocycles. The lowest BCUT2D eigenvalue weighted by molar-refractivity contribution is -0.150. The molecule has 1 aliphatic carbocycles. The molecule has 1 heterocycles. The molecule has 0 spiro atoms. The molecule has 1 atom stereocenters. The van der Waals surface area contributed by atoms with Crippen molar-refractivity contribution in [1.82, 2.24) is 0 Å². The highest BCUT2D eigenvalue weighted by Crippen LogP contribution is 2.53. The van der Waals surface area contributed by atoms with Crippen molar-refractivity contribution in [3.05, 3.63) is 41.6 Å². The van der Waals surface area contributed by atoms with Gasteiger partial charge >= 0.3 is 11.9 Å². The average Bonchev–Trinajstić information content (AvgIpc) is 2.84. The maximum atomic E-state index is 12.2. The Hall–Kier alpha value is -2.26. The van der Waals surface area contributed by atoms with Gasteiger partial charge in [-0.05, 0) is 6.42 Å². The third kappa shape index (κ3) is 1.96. The predicted molar refractivity (Wildman–Crippen MR) is 70.2 cm³/mol. The van der Waals surface area contributed by atoms with Crippen molar-refractivity contribution < 1.29 is 23.8 Å². The van der Waals surface area contributed by atoms with E-state index in [1.807, 2.05) is 0 Å². The van der Waals surface area contributed by atoms with Gasteiger partial charge in [-0.2, -0.15) is 0 Å². The monoisotopic (exact) mass is 276 g/mol. The third-order valence-electron chi connectivity index (χ3n) is 3.58. The van der Waals surface area contributed by atoms with Gasteiger partial charge in [-0.15, -0.1) is 0 Å². The molecule has 5 nitrogen and oxygen atoms in total. The molecule has 2 aliphatic rings. The first-order valence-electron chi connectivity index (χ1n) is 6.12. The first-order chi connectivity index (χ1) is 9.48. The summed E-state index contributed by atoms with van der Waals surface area (Å²) in [5.41, 5.74) is 2.65. The van der Waals surface area contributed by atoms with Gasteiger partial charge < -0.3 is 14.2 Å². The van der Waals surface area contributed by atoms with Crippen LogP contribution in [0.4, 0.5) is 0 Å². The SMILES string of the molecule is C=C=C1CC2(C(=O)OC)CC(=C)CC(C(=O)OC)=C2O1. The van der Waals surface area contributed by atoms with Gasteiger partial charge in [0.25, 0.3) is 0 Å². The molecule has 1 unspecified atom stereocenters. The van der Waals surface area contributed by atoms with E-state index < -0.39 is 17.4 Å². The molecule has 1 fully saturated rings. The molecule has 0 N–H and O–H groups in total. The largest absolute Gasteiger partial charge is 0.468 e. The fourth-order valence-corrected chi connectivity index (χ4v) is 2.74. The first-order valence-corrected chi connectivity index (χ1v) is 6.12. The van der Waals surface area contributed by atoms with Crippen molar-refractivity contribution in [2.24, 2.45) is 5.41 Å². The number of hydrogen-bond donors (Lipinski definition) is 0. The molecule has 0 amide bonds. The molecule has 0 radical (unpaired) electrons. The van der Waals surface area contributed by atoms with Crippen molar-refractivity contribution in [3.63, 3.8) is 0 Å². The van der Waals surface area contributed by atoms with Crippen molar-refractivity contribution in [1.29, 1.82) is 0 Å². The van der Waals surface area contributed by atoms with E-state index in [2.05, 4.69) is 18.9 Å². The second kappa shape index (κ2) is 5.02. The van der Waals surface area contributed by atoms with Gasteiger partial charge in [-0.25, -0.2) is 4.79 Å². The quantitative estimate of drug-likeness (QED) is 0.438. The van der Waals surface area contributed by atoms with E-state index in [-0.39, 0.29) is 12.2 Å². The minimum absolute atomic E-state index is 0.262. The van der Waals surface area contributed by atoms with E-state index in [4.69, 9.17) is 14.2 Å². The molecule has 5 heteroatoms. The molecule has 0 aromatic heterocycles. The lowest BCUT2D eigenvalue weighted by Gasteiger charge is -2.31. The van der Waals surface area contributed by atoms with Gasteiger partial charge in [-0.3, -0.25) is 4.79 Å². The lowest BCUT2D eigenvalue weighted by Crippen LogP contribution is -2.36. The van der Waals surface area contributed by atoms with Crippen LogP contribution in [0.1, 0.15) is 19.3 Å². The van der Waals surface area contributed by atoms with Crippen molar-refractivity contribution in [2.75, 3.05) is 14.2 Å². The molecule has 1 saturated heterocycles. The van der Waals surface area contributed by atoms with Crippen molar-refractivity contribution >= 4 is 11.9 Å². The van der Waals surface area contributed by atoms with Crippen LogP contribution in [0.15, 0.2) is 41.6 Å². The van der Waals surface area contributed by atoms with Gasteiger partial charge in [0.05, 0.1) is 19.8 Å². The highest BCUT2D eigenvalue weighted by Gasteiger charge is 2.55. The summed E-state index contributed by atoms with van der Waals surface area (Å²) in [6.07, 6.45) is 0.962. The summed E-state index contributed by atoms with van der Waals surface area (Å²) in [6.45, 7) is 7.43. The smallest absolute Gasteiger partial charge is 0.337 e. The fourth-order valence-electron chi connectivity index (χ4n) is 2.74. The van der Waals surface area contributed by atoms with Crippen LogP contribution in [-0.2, 0) is 23.8 Å². The molecular weight excluding hydrogens is 260 g/mol. The second-order valence-electron chi connectivity index (χ2n) is 4.86. The fraction of sp³-hybridized carbons (Fsp3) is 0.400. The summed E-state index contributed by atoms with van der Waals surface area (Å²) in [7, 11) is 2.59. The van der Waals surface area contributed by atoms with Gasteiger partial charge in [0.15, 0.2) is 0 Å². The van der Waals surface area contributed by atoms with E-state index >= 15 is 0 Å². The normalized spacial score (nSPS) is 24.7. The van der Waals surface area contributed by atoms with Crippen LogP contribution < -0.4 is 0 Å². The summed E-state index contributed by atoms with van der Waals surface area (Å²) in [4.78, 5) is 24.1. The standard InChI is InChI=1S/C15H16O5/c1-5-10-8-15(14(17)19-4)7-9(2)6-11(12(15)20-10)13(16)18-3/h1-2,6-8H2,3-4H3. The number of ether oxygens (including phenoxy) is 3. The topological polar surface area (TPSA) is 61.8 Å². The summed E-state index contributed by atoms with van der Waals surface area (Å²) < 4.78 is 15.3. The number of allylic oxidation sites excluding steroid dienone is 2. The Morgan fingerprint density at radius 1 is 1.30 bits per heavy atom. The Morgan fingerprint density at radius 3 is 2.55 bits per heavy atom. The zero-order valence-electron chi connectivity index (χ0n) is 11.6. The molecule has 0 aromatic rings. The van der Waals surface area contributed by atoms with Crippen LogP contribution in [0.5, 0.6) is 0 Å². The van der Waals surface area contributed by atoms with E-state index in [0.29, 0.717) is 24.2 Å². The van der Waals surface area contributed by atoms with Crippen LogP contribution in [0.25, 0.3) is 0 Å². The molecule has 0 aromatic carbocycles. The molecule has 1 aliphatic heterocycles. The number of carbonyl (C=O) groups excluding carboxylic acids is 2. The minimum atomic E-state index is -1.05. The van der Waals surface area contributed by atoms with Gasteiger partial charge in [0, 0.05) is 12.8 Å². The molecule has 106 valence electrons. The summed E-state index contributed by atoms with van der Waals surface area (Å²) in [5.74, 6) is -0.282. The molecule has 20 heavy (non-hydrogen) atoms. The Kier molecular flexibility index (Phi) is 3.55. The second-order valence-corrected chi connectivity index (χ2v) is 4.86. The zero-order chi connectivity index (χ0) is 14.9. The summed E-state index contributed by atoms with van der Waals surface area (Å²) in [5, 5.41) is 0. The van der Waals surface area contributed by atoms with Crippen LogP contribution in [-0.4, -0.2) is 26.2 Å². The van der Waals surface area contributed by atoms with E-state index in [0.717, 1.165) is 5.57 Å². The molecular formula is C15H16O5. The van der Waals surface area contributed by atoms with Crippen LogP contribution in [0.3, 0.4) is 0 Å². The molecule has 0 bridgehead atoms. The number of hydrogen-bond acceptors (Lipinski definition) is 5. The average molecular weight is 276 g/mol. The van der Waals surface area contributed by atoms with Crippen LogP contribution >= 0.6 is 0 Å².